The van der Waals surface area contributed by atoms with E-state index in [2.05, 4.69) is 31.9 Å². The molecule has 0 saturated heterocycles. The van der Waals surface area contributed by atoms with Crippen LogP contribution in [-0.4, -0.2) is 62.8 Å². The first kappa shape index (κ1) is 45.1. The van der Waals surface area contributed by atoms with Crippen LogP contribution in [0.1, 0.15) is 22.3 Å². The molecule has 0 atom stereocenters. The molecule has 2 N–H and O–H groups in total. The van der Waals surface area contributed by atoms with Crippen molar-refractivity contribution in [3.63, 3.8) is 0 Å². The molecule has 0 amide bonds. The average Bonchev–Trinajstić information content (AvgIpc) is 3.02. The van der Waals surface area contributed by atoms with Crippen LogP contribution < -0.4 is 18.9 Å². The summed E-state index contributed by atoms with van der Waals surface area (Å²) in [5.74, 6) is 1.46. The standard InChI is InChI=1S/C8H9BrO4S.C8H9BrO.C8H9ClO3S.C8H10O4S/c1-5-3-7(13-2)8(4-6(5)9)14(10,11)12;1-6-5-7(10-2)3-4-8(6)9;2*1-6-3-4-8(13(9,10)11)7(5-6)12-2/h3-4H,1-2H3,(H,10,11,12);3-5H,1-2H3;3-5H,1-2H3;3-5H,1-2H3,(H,9,10,11). The molecule has 0 spiro atoms. The number of ether oxygens (including phenoxy) is 4. The minimum atomic E-state index is -4.24. The zero-order valence-corrected chi connectivity index (χ0v) is 34.6. The molecular weight excluding hydrogens is 868 g/mol. The van der Waals surface area contributed by atoms with Gasteiger partial charge in [-0.3, -0.25) is 9.11 Å². The second kappa shape index (κ2) is 19.6. The lowest BCUT2D eigenvalue weighted by atomic mass is 10.2. The van der Waals surface area contributed by atoms with Gasteiger partial charge in [-0.1, -0.05) is 44.0 Å². The molecule has 18 heteroatoms. The first-order valence-electron chi connectivity index (χ1n) is 13.8. The van der Waals surface area contributed by atoms with E-state index in [4.69, 9.17) is 38.7 Å². The van der Waals surface area contributed by atoms with Gasteiger partial charge >= 0.3 is 0 Å². The maximum absolute atomic E-state index is 11.0. The maximum Gasteiger partial charge on any atom is 0.298 e. The first-order valence-corrected chi connectivity index (χ1v) is 20.6. The van der Waals surface area contributed by atoms with E-state index in [1.807, 2.05) is 32.0 Å². The Balaban J connectivity index is 0.000000335. The highest BCUT2D eigenvalue weighted by molar-refractivity contribution is 9.10. The molecule has 0 bridgehead atoms. The summed E-state index contributed by atoms with van der Waals surface area (Å²) in [5, 5.41) is 0. The number of hydrogen-bond donors (Lipinski definition) is 2. The third-order valence-corrected chi connectivity index (χ3v) is 11.1. The van der Waals surface area contributed by atoms with Crippen LogP contribution in [-0.2, 0) is 29.3 Å². The number of methoxy groups -OCH3 is 4. The van der Waals surface area contributed by atoms with E-state index in [9.17, 15) is 25.3 Å². The number of hydrogen-bond acceptors (Lipinski definition) is 10. The lowest BCUT2D eigenvalue weighted by Gasteiger charge is -2.08. The van der Waals surface area contributed by atoms with Crippen molar-refractivity contribution in [1.29, 1.82) is 0 Å². The van der Waals surface area contributed by atoms with E-state index in [1.165, 1.54) is 51.2 Å². The molecule has 4 aromatic rings. The third-order valence-electron chi connectivity index (χ3n) is 6.27. The molecular formula is C32H37Br2ClO12S3. The fourth-order valence-electron chi connectivity index (χ4n) is 3.71. The van der Waals surface area contributed by atoms with Crippen LogP contribution in [0.5, 0.6) is 23.0 Å². The summed E-state index contributed by atoms with van der Waals surface area (Å²) in [7, 11) is -1.19. The maximum atomic E-state index is 11.0. The second-order valence-corrected chi connectivity index (χ2v) is 17.1. The van der Waals surface area contributed by atoms with Gasteiger partial charge < -0.3 is 18.9 Å². The lowest BCUT2D eigenvalue weighted by Crippen LogP contribution is -2.02. The summed E-state index contributed by atoms with van der Waals surface area (Å²) in [6, 6.07) is 17.9. The molecule has 0 radical (unpaired) electrons. The van der Waals surface area contributed by atoms with E-state index < -0.39 is 29.3 Å². The van der Waals surface area contributed by atoms with Crippen LogP contribution in [0.15, 0.2) is 90.4 Å². The fourth-order valence-corrected chi connectivity index (χ4v) is 6.74. The topological polar surface area (TPSA) is 180 Å². The van der Waals surface area contributed by atoms with Gasteiger partial charge in [0.15, 0.2) is 0 Å². The Kier molecular flexibility index (Phi) is 17.7. The molecule has 0 aliphatic heterocycles. The monoisotopic (exact) mass is 902 g/mol. The summed E-state index contributed by atoms with van der Waals surface area (Å²) in [6.07, 6.45) is 0. The van der Waals surface area contributed by atoms with E-state index in [1.54, 1.807) is 45.2 Å². The number of halogens is 3. The molecule has 0 unspecified atom stereocenters. The van der Waals surface area contributed by atoms with Crippen molar-refractivity contribution in [3.8, 4) is 23.0 Å². The minimum Gasteiger partial charge on any atom is -0.497 e. The first-order chi connectivity index (χ1) is 23.0. The number of benzene rings is 4. The quantitative estimate of drug-likeness (QED) is 0.135. The molecule has 12 nitrogen and oxygen atoms in total. The average molecular weight is 905 g/mol. The summed E-state index contributed by atoms with van der Waals surface area (Å²) in [4.78, 5) is -0.444. The van der Waals surface area contributed by atoms with Gasteiger partial charge in [-0.15, -0.1) is 0 Å². The molecule has 50 heavy (non-hydrogen) atoms. The smallest absolute Gasteiger partial charge is 0.298 e. The molecule has 4 rings (SSSR count). The number of aryl methyl sites for hydroxylation is 4. The van der Waals surface area contributed by atoms with E-state index >= 15 is 0 Å². The minimum absolute atomic E-state index is 0.00210. The molecule has 0 aliphatic rings. The largest absolute Gasteiger partial charge is 0.497 e. The van der Waals surface area contributed by atoms with Crippen molar-refractivity contribution in [1.82, 2.24) is 0 Å². The van der Waals surface area contributed by atoms with Crippen molar-refractivity contribution >= 4 is 71.8 Å². The van der Waals surface area contributed by atoms with Gasteiger partial charge in [-0.05, 0) is 105 Å². The van der Waals surface area contributed by atoms with Crippen molar-refractivity contribution < 1.29 is 53.3 Å². The molecule has 0 heterocycles. The molecule has 4 aromatic carbocycles. The zero-order valence-electron chi connectivity index (χ0n) is 28.2. The summed E-state index contributed by atoms with van der Waals surface area (Å²) < 4.78 is 104. The Morgan fingerprint density at radius 2 is 0.940 bits per heavy atom. The summed E-state index contributed by atoms with van der Waals surface area (Å²) in [5.41, 5.74) is 3.80. The van der Waals surface area contributed by atoms with Crippen molar-refractivity contribution in [2.24, 2.45) is 0 Å². The highest BCUT2D eigenvalue weighted by Gasteiger charge is 2.18. The van der Waals surface area contributed by atoms with Crippen LogP contribution in [0.25, 0.3) is 0 Å². The molecule has 276 valence electrons. The van der Waals surface area contributed by atoms with Gasteiger partial charge in [0.05, 0.1) is 28.4 Å². The van der Waals surface area contributed by atoms with Crippen LogP contribution in [0.3, 0.4) is 0 Å². The highest BCUT2D eigenvalue weighted by atomic mass is 79.9. The zero-order chi connectivity index (χ0) is 38.6. The Morgan fingerprint density at radius 1 is 0.520 bits per heavy atom. The van der Waals surface area contributed by atoms with E-state index in [-0.39, 0.29) is 31.9 Å². The van der Waals surface area contributed by atoms with Crippen LogP contribution >= 0.6 is 42.5 Å². The summed E-state index contributed by atoms with van der Waals surface area (Å²) in [6.45, 7) is 7.47. The fraction of sp³-hybridized carbons (Fsp3) is 0.250. The van der Waals surface area contributed by atoms with Gasteiger partial charge in [0.2, 0.25) is 0 Å². The van der Waals surface area contributed by atoms with Crippen molar-refractivity contribution in [3.05, 3.63) is 97.9 Å². The second-order valence-electron chi connectivity index (χ2n) is 10.1. The van der Waals surface area contributed by atoms with Gasteiger partial charge in [-0.25, -0.2) is 8.42 Å². The molecule has 0 saturated carbocycles. The Labute approximate surface area is 314 Å². The Morgan fingerprint density at radius 3 is 1.34 bits per heavy atom. The number of rotatable bonds is 7. The Bertz CT molecular complexity index is 2030. The van der Waals surface area contributed by atoms with E-state index in [0.29, 0.717) is 4.47 Å². The van der Waals surface area contributed by atoms with E-state index in [0.717, 1.165) is 26.9 Å². The SMILES string of the molecule is COc1cc(C)c(Br)cc1S(=O)(=O)O.COc1cc(C)ccc1S(=O)(=O)Cl.COc1cc(C)ccc1S(=O)(=O)O.COc1ccc(Br)c(C)c1. The van der Waals surface area contributed by atoms with Gasteiger partial charge in [-0.2, -0.15) is 16.8 Å². The normalized spacial score (nSPS) is 11.0. The van der Waals surface area contributed by atoms with Crippen molar-refractivity contribution in [2.45, 2.75) is 42.4 Å². The van der Waals surface area contributed by atoms with Gasteiger partial charge in [0.1, 0.15) is 37.7 Å². The van der Waals surface area contributed by atoms with Crippen LogP contribution in [0.4, 0.5) is 0 Å². The van der Waals surface area contributed by atoms with Gasteiger partial charge in [0.25, 0.3) is 29.3 Å². The molecule has 0 fully saturated rings. The molecule has 0 aliphatic carbocycles. The van der Waals surface area contributed by atoms with Gasteiger partial charge in [0, 0.05) is 19.6 Å². The van der Waals surface area contributed by atoms with Crippen LogP contribution in [0, 0.1) is 27.7 Å². The summed E-state index contributed by atoms with van der Waals surface area (Å²) >= 11 is 6.57. The van der Waals surface area contributed by atoms with Crippen LogP contribution in [0.2, 0.25) is 0 Å². The third kappa shape index (κ3) is 14.4. The predicted molar refractivity (Wildman–Crippen MR) is 199 cm³/mol. The van der Waals surface area contributed by atoms with Crippen molar-refractivity contribution in [2.75, 3.05) is 28.4 Å². The molecule has 0 aromatic heterocycles. The lowest BCUT2D eigenvalue weighted by molar-refractivity contribution is 0.396. The highest BCUT2D eigenvalue weighted by Crippen LogP contribution is 2.30. The Hall–Kier alpha value is -2.90. The predicted octanol–water partition coefficient (Wildman–Crippen LogP) is 7.96.